The number of imide groups is 1. The fourth-order valence-corrected chi connectivity index (χ4v) is 0.722. The molecule has 0 aliphatic carbocycles. The van der Waals surface area contributed by atoms with Gasteiger partial charge in [0, 0.05) is 18.8 Å². The fourth-order valence-electron chi connectivity index (χ4n) is 0.550. The molecule has 0 saturated carbocycles. The van der Waals surface area contributed by atoms with E-state index in [-0.39, 0.29) is 18.2 Å². The van der Waals surface area contributed by atoms with Crippen LogP contribution in [0.4, 0.5) is 4.79 Å². The summed E-state index contributed by atoms with van der Waals surface area (Å²) in [5.74, 6) is -0.172. The highest BCUT2D eigenvalue weighted by atomic mass is 35.5. The molecule has 0 fully saturated rings. The lowest BCUT2D eigenvalue weighted by atomic mass is 10.3. The molecule has 0 bridgehead atoms. The Morgan fingerprint density at radius 1 is 1.46 bits per heavy atom. The largest absolute Gasteiger partial charge is 0.334 e. The minimum atomic E-state index is -0.516. The molecular weight excluding hydrogens is 192 g/mol. The Morgan fingerprint density at radius 2 is 2.08 bits per heavy atom. The predicted octanol–water partition coefficient (Wildman–Crippen LogP) is 1.02. The molecule has 5 heteroatoms. The quantitative estimate of drug-likeness (QED) is 0.531. The molecule has 4 nitrogen and oxygen atoms in total. The summed E-state index contributed by atoms with van der Waals surface area (Å²) in [6.07, 6.45) is 0.141. The van der Waals surface area contributed by atoms with Crippen molar-refractivity contribution < 1.29 is 9.59 Å². The summed E-state index contributed by atoms with van der Waals surface area (Å²) < 4.78 is 0. The monoisotopic (exact) mass is 204 g/mol. The molecule has 0 saturated heterocycles. The van der Waals surface area contributed by atoms with Gasteiger partial charge in [-0.2, -0.15) is 0 Å². The van der Waals surface area contributed by atoms with Gasteiger partial charge in [-0.3, -0.25) is 10.1 Å². The molecule has 0 spiro atoms. The summed E-state index contributed by atoms with van der Waals surface area (Å²) in [5.41, 5.74) is 0.819. The average Bonchev–Trinajstić information content (AvgIpc) is 2.01. The van der Waals surface area contributed by atoms with E-state index in [1.54, 1.807) is 6.92 Å². The van der Waals surface area contributed by atoms with Crippen LogP contribution in [0.2, 0.25) is 0 Å². The molecule has 0 aromatic heterocycles. The van der Waals surface area contributed by atoms with Gasteiger partial charge in [-0.25, -0.2) is 4.79 Å². The topological polar surface area (TPSA) is 58.2 Å². The van der Waals surface area contributed by atoms with Crippen LogP contribution >= 0.6 is 11.6 Å². The van der Waals surface area contributed by atoms with Crippen molar-refractivity contribution in [3.05, 3.63) is 12.2 Å². The summed E-state index contributed by atoms with van der Waals surface area (Å²) in [7, 11) is 0. The number of rotatable bonds is 4. The third kappa shape index (κ3) is 7.33. The van der Waals surface area contributed by atoms with E-state index in [1.165, 1.54) is 0 Å². The van der Waals surface area contributed by atoms with Gasteiger partial charge in [-0.1, -0.05) is 12.2 Å². The molecule has 0 aliphatic rings. The molecule has 0 radical (unpaired) electrons. The molecule has 0 aromatic rings. The van der Waals surface area contributed by atoms with Crippen LogP contribution in [-0.2, 0) is 4.79 Å². The zero-order valence-corrected chi connectivity index (χ0v) is 8.28. The number of hydrogen-bond acceptors (Lipinski definition) is 2. The van der Waals surface area contributed by atoms with Crippen LogP contribution in [0.25, 0.3) is 0 Å². The first kappa shape index (κ1) is 12.0. The van der Waals surface area contributed by atoms with Crippen LogP contribution in [0, 0.1) is 0 Å². The highest BCUT2D eigenvalue weighted by Crippen LogP contribution is 1.85. The Hall–Kier alpha value is -1.03. The number of amides is 3. The van der Waals surface area contributed by atoms with Gasteiger partial charge in [0.25, 0.3) is 0 Å². The number of halogens is 1. The van der Waals surface area contributed by atoms with Crippen molar-refractivity contribution in [2.75, 3.05) is 12.4 Å². The van der Waals surface area contributed by atoms with Gasteiger partial charge in [0.15, 0.2) is 0 Å². The molecule has 0 aromatic carbocycles. The van der Waals surface area contributed by atoms with E-state index in [1.807, 2.05) is 0 Å². The second-order valence-corrected chi connectivity index (χ2v) is 3.00. The maximum atomic E-state index is 10.9. The number of urea groups is 1. The van der Waals surface area contributed by atoms with E-state index < -0.39 is 6.03 Å². The van der Waals surface area contributed by atoms with Crippen LogP contribution in [0.3, 0.4) is 0 Å². The number of carbonyl (C=O) groups is 2. The molecule has 3 amide bonds. The zero-order valence-electron chi connectivity index (χ0n) is 7.52. The number of nitrogens with one attached hydrogen (secondary N) is 2. The van der Waals surface area contributed by atoms with Gasteiger partial charge in [0.1, 0.15) is 0 Å². The highest BCUT2D eigenvalue weighted by Gasteiger charge is 2.05. The van der Waals surface area contributed by atoms with Gasteiger partial charge in [0.2, 0.25) is 5.91 Å². The maximum absolute atomic E-state index is 10.9. The third-order valence-corrected chi connectivity index (χ3v) is 1.31. The van der Waals surface area contributed by atoms with Gasteiger partial charge in [-0.15, -0.1) is 11.6 Å². The Kier molecular flexibility index (Phi) is 5.97. The van der Waals surface area contributed by atoms with E-state index in [2.05, 4.69) is 17.2 Å². The van der Waals surface area contributed by atoms with Crippen LogP contribution in [0.15, 0.2) is 12.2 Å². The van der Waals surface area contributed by atoms with Gasteiger partial charge < -0.3 is 5.32 Å². The molecule has 0 heterocycles. The van der Waals surface area contributed by atoms with Crippen molar-refractivity contribution in [3.8, 4) is 0 Å². The highest BCUT2D eigenvalue weighted by molar-refractivity contribution is 6.19. The van der Waals surface area contributed by atoms with Crippen molar-refractivity contribution in [3.63, 3.8) is 0 Å². The molecule has 0 rings (SSSR count). The fraction of sp³-hybridized carbons (Fsp3) is 0.500. The van der Waals surface area contributed by atoms with Crippen molar-refractivity contribution in [2.45, 2.75) is 13.3 Å². The van der Waals surface area contributed by atoms with E-state index in [9.17, 15) is 9.59 Å². The third-order valence-electron chi connectivity index (χ3n) is 1.13. The van der Waals surface area contributed by atoms with Crippen molar-refractivity contribution >= 4 is 23.5 Å². The Balaban J connectivity index is 3.62. The summed E-state index contributed by atoms with van der Waals surface area (Å²) in [5, 5.41) is 4.58. The Labute approximate surface area is 82.3 Å². The van der Waals surface area contributed by atoms with Gasteiger partial charge >= 0.3 is 6.03 Å². The standard InChI is InChI=1S/C8H13ClN2O2/c1-6(2)5-10-8(13)11-7(12)3-4-9/h1,3-5H2,2H3,(H2,10,11,12,13). The summed E-state index contributed by atoms with van der Waals surface area (Å²) in [6.45, 7) is 5.73. The van der Waals surface area contributed by atoms with Crippen LogP contribution in [0.5, 0.6) is 0 Å². The molecule has 0 unspecified atom stereocenters. The number of alkyl halides is 1. The normalized spacial score (nSPS) is 9.08. The lowest BCUT2D eigenvalue weighted by Gasteiger charge is -2.04. The van der Waals surface area contributed by atoms with E-state index in [4.69, 9.17) is 11.6 Å². The van der Waals surface area contributed by atoms with Crippen molar-refractivity contribution in [2.24, 2.45) is 0 Å². The lowest BCUT2D eigenvalue weighted by Crippen LogP contribution is -2.40. The van der Waals surface area contributed by atoms with Crippen LogP contribution < -0.4 is 10.6 Å². The Bertz CT molecular complexity index is 216. The first-order valence-electron chi connectivity index (χ1n) is 3.84. The first-order valence-corrected chi connectivity index (χ1v) is 4.37. The molecular formula is C8H13ClN2O2. The minimum Gasteiger partial charge on any atom is -0.334 e. The number of carbonyl (C=O) groups excluding carboxylic acids is 2. The van der Waals surface area contributed by atoms with E-state index in [0.717, 1.165) is 5.57 Å². The van der Waals surface area contributed by atoms with E-state index in [0.29, 0.717) is 6.54 Å². The molecule has 0 atom stereocenters. The second kappa shape index (κ2) is 6.48. The van der Waals surface area contributed by atoms with Crippen molar-refractivity contribution in [1.82, 2.24) is 10.6 Å². The lowest BCUT2D eigenvalue weighted by molar-refractivity contribution is -0.119. The SMILES string of the molecule is C=C(C)CNC(=O)NC(=O)CCCl. The predicted molar refractivity (Wildman–Crippen MR) is 51.7 cm³/mol. The molecule has 74 valence electrons. The molecule has 0 aliphatic heterocycles. The van der Waals surface area contributed by atoms with Crippen LogP contribution in [0.1, 0.15) is 13.3 Å². The van der Waals surface area contributed by atoms with Gasteiger partial charge in [0.05, 0.1) is 0 Å². The van der Waals surface area contributed by atoms with Crippen LogP contribution in [-0.4, -0.2) is 24.4 Å². The average molecular weight is 205 g/mol. The number of hydrogen-bond donors (Lipinski definition) is 2. The first-order chi connectivity index (χ1) is 6.06. The molecule has 13 heavy (non-hydrogen) atoms. The smallest absolute Gasteiger partial charge is 0.321 e. The summed E-state index contributed by atoms with van der Waals surface area (Å²) in [4.78, 5) is 21.7. The zero-order chi connectivity index (χ0) is 10.3. The van der Waals surface area contributed by atoms with E-state index >= 15 is 0 Å². The molecule has 2 N–H and O–H groups in total. The van der Waals surface area contributed by atoms with Gasteiger partial charge in [-0.05, 0) is 6.92 Å². The maximum Gasteiger partial charge on any atom is 0.321 e. The summed E-state index contributed by atoms with van der Waals surface area (Å²) >= 11 is 5.30. The second-order valence-electron chi connectivity index (χ2n) is 2.63. The Morgan fingerprint density at radius 3 is 2.54 bits per heavy atom. The summed E-state index contributed by atoms with van der Waals surface area (Å²) in [6, 6.07) is -0.516. The minimum absolute atomic E-state index is 0.141. The van der Waals surface area contributed by atoms with Crippen molar-refractivity contribution in [1.29, 1.82) is 0 Å².